The first-order valence-corrected chi connectivity index (χ1v) is 6.94. The van der Waals surface area contributed by atoms with Crippen molar-refractivity contribution in [2.75, 3.05) is 25.1 Å². The fourth-order valence-electron chi connectivity index (χ4n) is 1.24. The SMILES string of the molecule is Brc1csc(NCCCOCC2CC2)n1. The maximum atomic E-state index is 5.53. The number of halogens is 1. The third-order valence-electron chi connectivity index (χ3n) is 2.27. The minimum absolute atomic E-state index is 0.857. The van der Waals surface area contributed by atoms with Crippen LogP contribution >= 0.6 is 27.3 Å². The number of nitrogens with one attached hydrogen (secondary N) is 1. The van der Waals surface area contributed by atoms with Crippen LogP contribution in [0.15, 0.2) is 9.98 Å². The Morgan fingerprint density at radius 1 is 1.60 bits per heavy atom. The lowest BCUT2D eigenvalue weighted by atomic mass is 10.4. The van der Waals surface area contributed by atoms with Crippen molar-refractivity contribution in [3.8, 4) is 0 Å². The molecule has 1 fully saturated rings. The van der Waals surface area contributed by atoms with Crippen LogP contribution in [0.5, 0.6) is 0 Å². The molecule has 0 amide bonds. The molecule has 1 heterocycles. The van der Waals surface area contributed by atoms with Gasteiger partial charge in [-0.15, -0.1) is 11.3 Å². The van der Waals surface area contributed by atoms with E-state index in [2.05, 4.69) is 26.2 Å². The molecule has 0 atom stereocenters. The number of nitrogens with zero attached hydrogens (tertiary/aromatic N) is 1. The monoisotopic (exact) mass is 290 g/mol. The molecule has 3 nitrogen and oxygen atoms in total. The Morgan fingerprint density at radius 2 is 2.47 bits per heavy atom. The molecule has 1 saturated carbocycles. The van der Waals surface area contributed by atoms with Crippen LogP contribution in [0, 0.1) is 5.92 Å². The first kappa shape index (κ1) is 11.4. The second-order valence-electron chi connectivity index (χ2n) is 3.77. The zero-order valence-electron chi connectivity index (χ0n) is 8.54. The van der Waals surface area contributed by atoms with Crippen LogP contribution in [0.4, 0.5) is 5.13 Å². The van der Waals surface area contributed by atoms with Crippen molar-refractivity contribution in [3.05, 3.63) is 9.98 Å². The highest BCUT2D eigenvalue weighted by atomic mass is 79.9. The zero-order chi connectivity index (χ0) is 10.5. The fraction of sp³-hybridized carbons (Fsp3) is 0.700. The second-order valence-corrected chi connectivity index (χ2v) is 5.44. The molecule has 1 aromatic heterocycles. The van der Waals surface area contributed by atoms with E-state index in [9.17, 15) is 0 Å². The molecule has 1 N–H and O–H groups in total. The summed E-state index contributed by atoms with van der Waals surface area (Å²) in [6.45, 7) is 2.75. The molecule has 1 aliphatic carbocycles. The molecule has 1 aliphatic rings. The Balaban J connectivity index is 1.47. The normalized spacial score (nSPS) is 15.5. The minimum Gasteiger partial charge on any atom is -0.381 e. The zero-order valence-corrected chi connectivity index (χ0v) is 10.9. The van der Waals surface area contributed by atoms with Gasteiger partial charge in [0.25, 0.3) is 0 Å². The first-order chi connectivity index (χ1) is 7.34. The van der Waals surface area contributed by atoms with E-state index in [-0.39, 0.29) is 0 Å². The summed E-state index contributed by atoms with van der Waals surface area (Å²) in [4.78, 5) is 4.25. The van der Waals surface area contributed by atoms with Crippen molar-refractivity contribution in [1.29, 1.82) is 0 Å². The van der Waals surface area contributed by atoms with Gasteiger partial charge in [-0.1, -0.05) is 0 Å². The highest BCUT2D eigenvalue weighted by molar-refractivity contribution is 9.10. The van der Waals surface area contributed by atoms with E-state index in [1.807, 2.05) is 5.38 Å². The molecule has 0 aromatic carbocycles. The molecule has 0 bridgehead atoms. The molecular formula is C10H15BrN2OS. The summed E-state index contributed by atoms with van der Waals surface area (Å²) in [5, 5.41) is 6.22. The van der Waals surface area contributed by atoms with Crippen molar-refractivity contribution < 1.29 is 4.74 Å². The van der Waals surface area contributed by atoms with E-state index in [0.717, 1.165) is 41.8 Å². The fourth-order valence-corrected chi connectivity index (χ4v) is 2.41. The second kappa shape index (κ2) is 5.82. The van der Waals surface area contributed by atoms with E-state index < -0.39 is 0 Å². The summed E-state index contributed by atoms with van der Waals surface area (Å²) in [6, 6.07) is 0. The van der Waals surface area contributed by atoms with E-state index >= 15 is 0 Å². The first-order valence-electron chi connectivity index (χ1n) is 5.27. The summed E-state index contributed by atoms with van der Waals surface area (Å²) in [5.41, 5.74) is 0. The van der Waals surface area contributed by atoms with Crippen molar-refractivity contribution in [1.82, 2.24) is 4.98 Å². The van der Waals surface area contributed by atoms with Gasteiger partial charge in [0, 0.05) is 25.1 Å². The van der Waals surface area contributed by atoms with Crippen LogP contribution in [0.1, 0.15) is 19.3 Å². The van der Waals surface area contributed by atoms with Gasteiger partial charge >= 0.3 is 0 Å². The largest absolute Gasteiger partial charge is 0.381 e. The van der Waals surface area contributed by atoms with Gasteiger partial charge in [0.1, 0.15) is 4.60 Å². The average Bonchev–Trinajstić information content (AvgIpc) is 2.95. The summed E-state index contributed by atoms with van der Waals surface area (Å²) in [7, 11) is 0. The van der Waals surface area contributed by atoms with Crippen molar-refractivity contribution >= 4 is 32.4 Å². The van der Waals surface area contributed by atoms with Crippen LogP contribution in [-0.2, 0) is 4.74 Å². The molecule has 0 unspecified atom stereocenters. The van der Waals surface area contributed by atoms with Gasteiger partial charge in [-0.2, -0.15) is 0 Å². The lowest BCUT2D eigenvalue weighted by Gasteiger charge is -2.03. The predicted octanol–water partition coefficient (Wildman–Crippen LogP) is 3.13. The van der Waals surface area contributed by atoms with Gasteiger partial charge in [-0.05, 0) is 41.1 Å². The smallest absolute Gasteiger partial charge is 0.183 e. The van der Waals surface area contributed by atoms with Crippen molar-refractivity contribution in [2.45, 2.75) is 19.3 Å². The Morgan fingerprint density at radius 3 is 3.13 bits per heavy atom. The maximum absolute atomic E-state index is 5.53. The quantitative estimate of drug-likeness (QED) is 0.784. The van der Waals surface area contributed by atoms with Gasteiger partial charge in [0.05, 0.1) is 0 Å². The van der Waals surface area contributed by atoms with Crippen LogP contribution in [-0.4, -0.2) is 24.7 Å². The van der Waals surface area contributed by atoms with Gasteiger partial charge in [0.15, 0.2) is 5.13 Å². The molecule has 0 aliphatic heterocycles. The molecule has 0 radical (unpaired) electrons. The van der Waals surface area contributed by atoms with Crippen LogP contribution < -0.4 is 5.32 Å². The summed E-state index contributed by atoms with van der Waals surface area (Å²) < 4.78 is 6.44. The van der Waals surface area contributed by atoms with Crippen LogP contribution in [0.3, 0.4) is 0 Å². The minimum atomic E-state index is 0.857. The topological polar surface area (TPSA) is 34.1 Å². The molecule has 84 valence electrons. The Kier molecular flexibility index (Phi) is 4.41. The van der Waals surface area contributed by atoms with Gasteiger partial charge in [0.2, 0.25) is 0 Å². The number of rotatable bonds is 7. The van der Waals surface area contributed by atoms with Crippen molar-refractivity contribution in [3.63, 3.8) is 0 Å². The van der Waals surface area contributed by atoms with Gasteiger partial charge in [-0.3, -0.25) is 0 Å². The lowest BCUT2D eigenvalue weighted by molar-refractivity contribution is 0.124. The summed E-state index contributed by atoms with van der Waals surface area (Å²) in [6.07, 6.45) is 3.78. The van der Waals surface area contributed by atoms with E-state index in [1.165, 1.54) is 12.8 Å². The summed E-state index contributed by atoms with van der Waals surface area (Å²) in [5.74, 6) is 0.868. The standard InChI is InChI=1S/C10H15BrN2OS/c11-9-7-15-10(13-9)12-4-1-5-14-6-8-2-3-8/h7-8H,1-6H2,(H,12,13). The molecular weight excluding hydrogens is 276 g/mol. The van der Waals surface area contributed by atoms with Gasteiger partial charge < -0.3 is 10.1 Å². The Labute approximate surface area is 102 Å². The molecule has 2 rings (SSSR count). The predicted molar refractivity (Wildman–Crippen MR) is 66.5 cm³/mol. The number of ether oxygens (including phenoxy) is 1. The Bertz CT molecular complexity index is 301. The lowest BCUT2D eigenvalue weighted by Crippen LogP contribution is -2.06. The van der Waals surface area contributed by atoms with Crippen LogP contribution in [0.2, 0.25) is 0 Å². The highest BCUT2D eigenvalue weighted by Gasteiger charge is 2.20. The van der Waals surface area contributed by atoms with Crippen molar-refractivity contribution in [2.24, 2.45) is 5.92 Å². The maximum Gasteiger partial charge on any atom is 0.183 e. The van der Waals surface area contributed by atoms with Gasteiger partial charge in [-0.25, -0.2) is 4.98 Å². The Hall–Kier alpha value is -0.130. The van der Waals surface area contributed by atoms with E-state index in [0.29, 0.717) is 0 Å². The third kappa shape index (κ3) is 4.49. The molecule has 15 heavy (non-hydrogen) atoms. The number of thiazole rings is 1. The molecule has 0 spiro atoms. The number of aromatic nitrogens is 1. The van der Waals surface area contributed by atoms with Crippen LogP contribution in [0.25, 0.3) is 0 Å². The van der Waals surface area contributed by atoms with E-state index in [1.54, 1.807) is 11.3 Å². The average molecular weight is 291 g/mol. The highest BCUT2D eigenvalue weighted by Crippen LogP contribution is 2.28. The molecule has 5 heteroatoms. The molecule has 1 aromatic rings. The molecule has 0 saturated heterocycles. The number of anilines is 1. The third-order valence-corrected chi connectivity index (χ3v) is 3.78. The number of hydrogen-bond donors (Lipinski definition) is 1. The number of hydrogen-bond acceptors (Lipinski definition) is 4. The van der Waals surface area contributed by atoms with E-state index in [4.69, 9.17) is 4.74 Å². The summed E-state index contributed by atoms with van der Waals surface area (Å²) >= 11 is 4.94.